The lowest BCUT2D eigenvalue weighted by Crippen LogP contribution is -2.11. The van der Waals surface area contributed by atoms with E-state index in [1.165, 1.54) is 0 Å². The molecule has 0 fully saturated rings. The molecule has 4 rings (SSSR count). The quantitative estimate of drug-likeness (QED) is 0.490. The van der Waals surface area contributed by atoms with Crippen LogP contribution in [0.15, 0.2) is 89.9 Å². The Hall–Kier alpha value is -3.17. The van der Waals surface area contributed by atoms with Gasteiger partial charge in [0.15, 0.2) is 0 Å². The topological polar surface area (TPSA) is 41.5 Å². The van der Waals surface area contributed by atoms with Gasteiger partial charge in [-0.15, -0.1) is 0 Å². The average Bonchev–Trinajstić information content (AvgIpc) is 2.75. The maximum absolute atomic E-state index is 12.6. The summed E-state index contributed by atoms with van der Waals surface area (Å²) in [5.74, 6) is -0.163. The van der Waals surface area contributed by atoms with Gasteiger partial charge in [0.2, 0.25) is 0 Å². The highest BCUT2D eigenvalue weighted by molar-refractivity contribution is 6.30. The summed E-state index contributed by atoms with van der Waals surface area (Å²) in [6, 6.07) is 25.1. The lowest BCUT2D eigenvalue weighted by molar-refractivity contribution is 0.102. The van der Waals surface area contributed by atoms with Gasteiger partial charge in [0.25, 0.3) is 5.91 Å². The van der Waals surface area contributed by atoms with Gasteiger partial charge >= 0.3 is 0 Å². The molecular weight excluding hydrogens is 392 g/mol. The van der Waals surface area contributed by atoms with Gasteiger partial charge in [-0.2, -0.15) is 0 Å². The fourth-order valence-corrected chi connectivity index (χ4v) is 3.63. The van der Waals surface area contributed by atoms with Crippen molar-refractivity contribution in [1.82, 2.24) is 0 Å². The van der Waals surface area contributed by atoms with Crippen LogP contribution in [0.25, 0.3) is 5.70 Å². The van der Waals surface area contributed by atoms with E-state index in [4.69, 9.17) is 16.6 Å². The van der Waals surface area contributed by atoms with Gasteiger partial charge in [-0.05, 0) is 67.6 Å². The summed E-state index contributed by atoms with van der Waals surface area (Å²) < 4.78 is 0. The third-order valence-electron chi connectivity index (χ3n) is 5.09. The normalized spacial score (nSPS) is 17.6. The third-order valence-corrected chi connectivity index (χ3v) is 5.34. The molecule has 0 spiro atoms. The van der Waals surface area contributed by atoms with E-state index in [1.54, 1.807) is 24.3 Å². The number of allylic oxidation sites excluding steroid dienone is 1. The molecule has 0 aromatic heterocycles. The Balaban J connectivity index is 1.60. The van der Waals surface area contributed by atoms with Crippen LogP contribution < -0.4 is 5.32 Å². The molecule has 0 atom stereocenters. The number of rotatable bonds is 4. The molecule has 1 amide bonds. The molecule has 150 valence electrons. The Morgan fingerprint density at radius 2 is 1.63 bits per heavy atom. The second-order valence-corrected chi connectivity index (χ2v) is 7.74. The molecule has 1 aliphatic heterocycles. The Morgan fingerprint density at radius 3 is 2.43 bits per heavy atom. The minimum Gasteiger partial charge on any atom is -0.322 e. The zero-order valence-electron chi connectivity index (χ0n) is 16.6. The molecule has 1 heterocycles. The number of benzene rings is 3. The first-order valence-electron chi connectivity index (χ1n) is 10.2. The second kappa shape index (κ2) is 9.55. The summed E-state index contributed by atoms with van der Waals surface area (Å²) in [4.78, 5) is 17.6. The number of nitrogens with zero attached hydrogens (tertiary/aromatic N) is 1. The highest BCUT2D eigenvalue weighted by atomic mass is 35.5. The summed E-state index contributed by atoms with van der Waals surface area (Å²) in [6.07, 6.45) is 6.44. The smallest absolute Gasteiger partial charge is 0.255 e. The fraction of sp³-hybridized carbons (Fsp3) is 0.154. The molecule has 0 saturated carbocycles. The van der Waals surface area contributed by atoms with E-state index in [0.717, 1.165) is 53.9 Å². The predicted octanol–water partition coefficient (Wildman–Crippen LogP) is 7.00. The van der Waals surface area contributed by atoms with Crippen molar-refractivity contribution in [3.05, 3.63) is 107 Å². The standard InChI is InChI=1S/C26H23ClN2O/c27-22-16-14-20(15-17-22)26(30)28-23-11-7-10-21(18-23)25-13-6-2-5-12-24(29-25)19-8-3-1-4-9-19/h1,3-4,7-11,13-18H,2,5-6,12H2,(H,28,30)/b25-13-,29-24+. The first kappa shape index (κ1) is 20.1. The zero-order valence-corrected chi connectivity index (χ0v) is 17.4. The van der Waals surface area contributed by atoms with Crippen molar-refractivity contribution in [3.8, 4) is 0 Å². The van der Waals surface area contributed by atoms with Crippen LogP contribution >= 0.6 is 11.6 Å². The Bertz CT molecular complexity index is 1090. The van der Waals surface area contributed by atoms with Crippen LogP contribution in [0.1, 0.15) is 47.2 Å². The molecule has 0 saturated heterocycles. The van der Waals surface area contributed by atoms with Gasteiger partial charge in [-0.25, -0.2) is 0 Å². The van der Waals surface area contributed by atoms with Gasteiger partial charge < -0.3 is 5.32 Å². The molecule has 3 aromatic carbocycles. The number of hydrogen-bond donors (Lipinski definition) is 1. The summed E-state index contributed by atoms with van der Waals surface area (Å²) in [6.45, 7) is 0. The molecule has 0 bridgehead atoms. The number of nitrogens with one attached hydrogen (secondary N) is 1. The van der Waals surface area contributed by atoms with E-state index >= 15 is 0 Å². The highest BCUT2D eigenvalue weighted by Gasteiger charge is 2.11. The molecule has 30 heavy (non-hydrogen) atoms. The van der Waals surface area contributed by atoms with E-state index < -0.39 is 0 Å². The molecule has 0 radical (unpaired) electrons. The van der Waals surface area contributed by atoms with E-state index in [1.807, 2.05) is 42.5 Å². The number of anilines is 1. The van der Waals surface area contributed by atoms with Gasteiger partial charge in [0.1, 0.15) is 0 Å². The van der Waals surface area contributed by atoms with E-state index in [-0.39, 0.29) is 5.91 Å². The molecule has 3 aromatic rings. The summed E-state index contributed by atoms with van der Waals surface area (Å²) in [5.41, 5.74) is 5.54. The van der Waals surface area contributed by atoms with Gasteiger partial charge in [0, 0.05) is 27.5 Å². The van der Waals surface area contributed by atoms with Crippen LogP contribution in [0, 0.1) is 0 Å². The van der Waals surface area contributed by atoms with Crippen LogP contribution in [-0.4, -0.2) is 11.6 Å². The van der Waals surface area contributed by atoms with Crippen LogP contribution in [-0.2, 0) is 0 Å². The molecule has 4 heteroatoms. The number of hydrogen-bond acceptors (Lipinski definition) is 2. The molecule has 3 nitrogen and oxygen atoms in total. The summed E-state index contributed by atoms with van der Waals surface area (Å²) >= 11 is 5.91. The Labute approximate surface area is 182 Å². The highest BCUT2D eigenvalue weighted by Crippen LogP contribution is 2.25. The largest absolute Gasteiger partial charge is 0.322 e. The van der Waals surface area contributed by atoms with Crippen molar-refractivity contribution in [1.29, 1.82) is 0 Å². The van der Waals surface area contributed by atoms with Crippen molar-refractivity contribution >= 4 is 34.6 Å². The van der Waals surface area contributed by atoms with Gasteiger partial charge in [-0.3, -0.25) is 9.79 Å². The van der Waals surface area contributed by atoms with Crippen molar-refractivity contribution < 1.29 is 4.79 Å². The van der Waals surface area contributed by atoms with E-state index in [2.05, 4.69) is 23.5 Å². The molecule has 0 aliphatic carbocycles. The van der Waals surface area contributed by atoms with Crippen molar-refractivity contribution in [2.75, 3.05) is 5.32 Å². The number of amides is 1. The van der Waals surface area contributed by atoms with Crippen molar-refractivity contribution in [2.45, 2.75) is 25.7 Å². The first-order chi connectivity index (χ1) is 14.7. The minimum absolute atomic E-state index is 0.163. The summed E-state index contributed by atoms with van der Waals surface area (Å²) in [5, 5.41) is 3.58. The van der Waals surface area contributed by atoms with E-state index in [0.29, 0.717) is 10.6 Å². The number of aliphatic imine (C=N–C) groups is 1. The third kappa shape index (κ3) is 5.05. The maximum atomic E-state index is 12.6. The monoisotopic (exact) mass is 414 g/mol. The lowest BCUT2D eigenvalue weighted by atomic mass is 10.0. The Morgan fingerprint density at radius 1 is 0.867 bits per heavy atom. The molecule has 1 N–H and O–H groups in total. The van der Waals surface area contributed by atoms with Crippen LogP contribution in [0.3, 0.4) is 0 Å². The first-order valence-corrected chi connectivity index (χ1v) is 10.6. The van der Waals surface area contributed by atoms with Gasteiger partial charge in [0.05, 0.1) is 5.70 Å². The SMILES string of the molecule is O=C(Nc1cccc(C2=C/CCCC/C(c3ccccc3)=N\2)c1)c1ccc(Cl)cc1. The van der Waals surface area contributed by atoms with Crippen LogP contribution in [0.2, 0.25) is 5.02 Å². The van der Waals surface area contributed by atoms with Crippen molar-refractivity contribution in [3.63, 3.8) is 0 Å². The number of halogens is 1. The molecular formula is C26H23ClN2O. The van der Waals surface area contributed by atoms with E-state index in [9.17, 15) is 4.79 Å². The van der Waals surface area contributed by atoms with Crippen LogP contribution in [0.4, 0.5) is 5.69 Å². The zero-order chi connectivity index (χ0) is 20.8. The average molecular weight is 415 g/mol. The van der Waals surface area contributed by atoms with Gasteiger partial charge in [-0.1, -0.05) is 60.1 Å². The van der Waals surface area contributed by atoms with Crippen LogP contribution in [0.5, 0.6) is 0 Å². The van der Waals surface area contributed by atoms with Crippen molar-refractivity contribution in [2.24, 2.45) is 4.99 Å². The Kier molecular flexibility index (Phi) is 6.41. The number of carbonyl (C=O) groups excluding carboxylic acids is 1. The summed E-state index contributed by atoms with van der Waals surface area (Å²) in [7, 11) is 0. The predicted molar refractivity (Wildman–Crippen MR) is 125 cm³/mol. The fourth-order valence-electron chi connectivity index (χ4n) is 3.51. The maximum Gasteiger partial charge on any atom is 0.255 e. The minimum atomic E-state index is -0.163. The lowest BCUT2D eigenvalue weighted by Gasteiger charge is -2.13. The second-order valence-electron chi connectivity index (χ2n) is 7.30. The molecule has 0 unspecified atom stereocenters. The number of carbonyl (C=O) groups is 1. The molecule has 1 aliphatic rings.